The molecule has 0 radical (unpaired) electrons. The predicted octanol–water partition coefficient (Wildman–Crippen LogP) is 0.921. The number of amides is 1. The highest BCUT2D eigenvalue weighted by atomic mass is 16.5. The van der Waals surface area contributed by atoms with Gasteiger partial charge in [0.15, 0.2) is 6.61 Å². The minimum atomic E-state index is -0.830. The molecule has 1 amide bonds. The first-order valence-corrected chi connectivity index (χ1v) is 8.44. The SMILES string of the molecule is COc1ccc(CCNC(=O)COC(=O)c2c(C)c(C)nn(C)c2=O)cc1. The van der Waals surface area contributed by atoms with Crippen LogP contribution in [0.5, 0.6) is 5.75 Å². The number of aryl methyl sites for hydroxylation is 2. The number of ether oxygens (including phenoxy) is 2. The molecule has 0 aliphatic heterocycles. The fourth-order valence-corrected chi connectivity index (χ4v) is 2.48. The monoisotopic (exact) mass is 373 g/mol. The molecule has 0 saturated carbocycles. The van der Waals surface area contributed by atoms with Crippen LogP contribution in [-0.4, -0.2) is 41.9 Å². The van der Waals surface area contributed by atoms with Gasteiger partial charge in [0.2, 0.25) is 0 Å². The van der Waals surface area contributed by atoms with E-state index >= 15 is 0 Å². The van der Waals surface area contributed by atoms with Gasteiger partial charge in [-0.15, -0.1) is 0 Å². The summed E-state index contributed by atoms with van der Waals surface area (Å²) in [6.07, 6.45) is 0.632. The number of aromatic nitrogens is 2. The smallest absolute Gasteiger partial charge is 0.344 e. The van der Waals surface area contributed by atoms with E-state index in [1.807, 2.05) is 24.3 Å². The van der Waals surface area contributed by atoms with E-state index < -0.39 is 24.0 Å². The van der Waals surface area contributed by atoms with Crippen LogP contribution in [-0.2, 0) is 23.0 Å². The molecule has 27 heavy (non-hydrogen) atoms. The van der Waals surface area contributed by atoms with Crippen molar-refractivity contribution in [2.45, 2.75) is 20.3 Å². The Labute approximate surface area is 157 Å². The Balaban J connectivity index is 1.85. The van der Waals surface area contributed by atoms with Crippen molar-refractivity contribution in [2.75, 3.05) is 20.3 Å². The Kier molecular flexibility index (Phi) is 6.70. The van der Waals surface area contributed by atoms with E-state index in [9.17, 15) is 14.4 Å². The molecule has 144 valence electrons. The first kappa shape index (κ1) is 20.2. The van der Waals surface area contributed by atoms with Gasteiger partial charge < -0.3 is 14.8 Å². The van der Waals surface area contributed by atoms with Crippen LogP contribution in [0.1, 0.15) is 27.2 Å². The minimum Gasteiger partial charge on any atom is -0.497 e. The molecule has 0 bridgehead atoms. The lowest BCUT2D eigenvalue weighted by atomic mass is 10.1. The zero-order valence-electron chi connectivity index (χ0n) is 15.9. The van der Waals surface area contributed by atoms with Gasteiger partial charge in [0.05, 0.1) is 12.8 Å². The highest BCUT2D eigenvalue weighted by Crippen LogP contribution is 2.11. The zero-order valence-corrected chi connectivity index (χ0v) is 15.9. The first-order valence-electron chi connectivity index (χ1n) is 8.44. The third-order valence-corrected chi connectivity index (χ3v) is 4.16. The van der Waals surface area contributed by atoms with Gasteiger partial charge in [-0.25, -0.2) is 9.48 Å². The van der Waals surface area contributed by atoms with E-state index in [-0.39, 0.29) is 5.56 Å². The third kappa shape index (κ3) is 5.16. The lowest BCUT2D eigenvalue weighted by molar-refractivity contribution is -0.124. The third-order valence-electron chi connectivity index (χ3n) is 4.16. The average molecular weight is 373 g/mol. The molecule has 0 saturated heterocycles. The Morgan fingerprint density at radius 2 is 1.85 bits per heavy atom. The van der Waals surface area contributed by atoms with Gasteiger partial charge in [-0.05, 0) is 43.5 Å². The fourth-order valence-electron chi connectivity index (χ4n) is 2.48. The highest BCUT2D eigenvalue weighted by Gasteiger charge is 2.20. The van der Waals surface area contributed by atoms with Crippen LogP contribution in [0, 0.1) is 13.8 Å². The number of esters is 1. The fraction of sp³-hybridized carbons (Fsp3) is 0.368. The Morgan fingerprint density at radius 1 is 1.19 bits per heavy atom. The summed E-state index contributed by atoms with van der Waals surface area (Å²) < 4.78 is 11.2. The molecule has 0 aliphatic carbocycles. The maximum atomic E-state index is 12.2. The van der Waals surface area contributed by atoms with Crippen LogP contribution < -0.4 is 15.6 Å². The van der Waals surface area contributed by atoms with E-state index in [4.69, 9.17) is 9.47 Å². The molecule has 0 fully saturated rings. The summed E-state index contributed by atoms with van der Waals surface area (Å²) in [5.74, 6) is -0.497. The molecule has 1 N–H and O–H groups in total. The maximum absolute atomic E-state index is 12.2. The maximum Gasteiger partial charge on any atom is 0.344 e. The second-order valence-electron chi connectivity index (χ2n) is 6.04. The van der Waals surface area contributed by atoms with Crippen molar-refractivity contribution in [3.8, 4) is 5.75 Å². The van der Waals surface area contributed by atoms with Crippen LogP contribution in [0.3, 0.4) is 0 Å². The summed E-state index contributed by atoms with van der Waals surface area (Å²) in [7, 11) is 3.05. The second-order valence-corrected chi connectivity index (χ2v) is 6.04. The molecular formula is C19H23N3O5. The standard InChI is InChI=1S/C19H23N3O5/c1-12-13(2)21-22(3)18(24)17(12)19(25)27-11-16(23)20-10-9-14-5-7-15(26-4)8-6-14/h5-8H,9-11H2,1-4H3,(H,20,23). The summed E-state index contributed by atoms with van der Waals surface area (Å²) >= 11 is 0. The molecule has 0 aliphatic rings. The molecule has 2 rings (SSSR count). The summed E-state index contributed by atoms with van der Waals surface area (Å²) in [4.78, 5) is 36.2. The van der Waals surface area contributed by atoms with Gasteiger partial charge in [-0.2, -0.15) is 5.10 Å². The van der Waals surface area contributed by atoms with Gasteiger partial charge in [0, 0.05) is 13.6 Å². The van der Waals surface area contributed by atoms with Crippen molar-refractivity contribution in [1.29, 1.82) is 0 Å². The van der Waals surface area contributed by atoms with Crippen molar-refractivity contribution in [3.63, 3.8) is 0 Å². The summed E-state index contributed by atoms with van der Waals surface area (Å²) in [6.45, 7) is 3.26. The lowest BCUT2D eigenvalue weighted by Gasteiger charge is -2.10. The Bertz CT molecular complexity index is 887. The van der Waals surface area contributed by atoms with Crippen molar-refractivity contribution in [3.05, 3.63) is 57.0 Å². The van der Waals surface area contributed by atoms with E-state index in [2.05, 4.69) is 10.4 Å². The number of hydrogen-bond donors (Lipinski definition) is 1. The molecule has 8 nitrogen and oxygen atoms in total. The molecule has 1 aromatic heterocycles. The summed E-state index contributed by atoms with van der Waals surface area (Å²) in [6, 6.07) is 7.52. The molecule has 1 aromatic carbocycles. The van der Waals surface area contributed by atoms with Gasteiger partial charge in [0.1, 0.15) is 11.3 Å². The van der Waals surface area contributed by atoms with Crippen LogP contribution in [0.15, 0.2) is 29.1 Å². The minimum absolute atomic E-state index is 0.101. The number of nitrogens with zero attached hydrogens (tertiary/aromatic N) is 2. The predicted molar refractivity (Wildman–Crippen MR) is 98.9 cm³/mol. The topological polar surface area (TPSA) is 99.5 Å². The normalized spacial score (nSPS) is 10.4. The number of methoxy groups -OCH3 is 1. The lowest BCUT2D eigenvalue weighted by Crippen LogP contribution is -2.33. The van der Waals surface area contributed by atoms with E-state index in [1.54, 1.807) is 21.0 Å². The van der Waals surface area contributed by atoms with Crippen LogP contribution in [0.25, 0.3) is 0 Å². The van der Waals surface area contributed by atoms with E-state index in [0.29, 0.717) is 24.2 Å². The van der Waals surface area contributed by atoms with Gasteiger partial charge >= 0.3 is 5.97 Å². The molecule has 2 aromatic rings. The summed E-state index contributed by atoms with van der Waals surface area (Å²) in [5, 5.41) is 6.68. The quantitative estimate of drug-likeness (QED) is 0.725. The number of nitrogens with one attached hydrogen (secondary N) is 1. The molecule has 8 heteroatoms. The van der Waals surface area contributed by atoms with Gasteiger partial charge in [0.25, 0.3) is 11.5 Å². The van der Waals surface area contributed by atoms with Crippen LogP contribution in [0.4, 0.5) is 0 Å². The largest absolute Gasteiger partial charge is 0.497 e. The van der Waals surface area contributed by atoms with Crippen LogP contribution in [0.2, 0.25) is 0 Å². The second kappa shape index (κ2) is 8.98. The Morgan fingerprint density at radius 3 is 2.48 bits per heavy atom. The number of hydrogen-bond acceptors (Lipinski definition) is 6. The first-order chi connectivity index (χ1) is 12.8. The number of benzene rings is 1. The Hall–Kier alpha value is -3.16. The van der Waals surface area contributed by atoms with Crippen molar-refractivity contribution < 1.29 is 19.1 Å². The van der Waals surface area contributed by atoms with Gasteiger partial charge in [-0.3, -0.25) is 9.59 Å². The number of carbonyl (C=O) groups is 2. The van der Waals surface area contributed by atoms with Crippen molar-refractivity contribution in [2.24, 2.45) is 7.05 Å². The zero-order chi connectivity index (χ0) is 20.0. The molecular weight excluding hydrogens is 350 g/mol. The van der Waals surface area contributed by atoms with E-state index in [1.165, 1.54) is 7.05 Å². The van der Waals surface area contributed by atoms with Crippen molar-refractivity contribution in [1.82, 2.24) is 15.1 Å². The summed E-state index contributed by atoms with van der Waals surface area (Å²) in [5.41, 5.74) is 1.38. The number of carbonyl (C=O) groups excluding carboxylic acids is 2. The molecule has 0 atom stereocenters. The molecule has 0 spiro atoms. The highest BCUT2D eigenvalue weighted by molar-refractivity contribution is 5.92. The van der Waals surface area contributed by atoms with Crippen molar-refractivity contribution >= 4 is 11.9 Å². The molecule has 0 unspecified atom stereocenters. The van der Waals surface area contributed by atoms with Gasteiger partial charge in [-0.1, -0.05) is 12.1 Å². The van der Waals surface area contributed by atoms with Crippen LogP contribution >= 0.6 is 0 Å². The average Bonchev–Trinajstić information content (AvgIpc) is 2.65. The number of rotatable bonds is 7. The van der Waals surface area contributed by atoms with E-state index in [0.717, 1.165) is 16.0 Å². The molecule has 1 heterocycles.